The van der Waals surface area contributed by atoms with Gasteiger partial charge in [0.2, 0.25) is 0 Å². The average Bonchev–Trinajstić information content (AvgIpc) is 2.37. The second kappa shape index (κ2) is 6.69. The molecule has 3 heteroatoms. The van der Waals surface area contributed by atoms with E-state index in [1.165, 1.54) is 42.4 Å². The van der Waals surface area contributed by atoms with Gasteiger partial charge in [0, 0.05) is 10.5 Å². The van der Waals surface area contributed by atoms with Gasteiger partial charge in [-0.3, -0.25) is 0 Å². The minimum Gasteiger partial charge on any atom is -0.316 e. The van der Waals surface area contributed by atoms with Crippen LogP contribution in [0.4, 0.5) is 0 Å². The fraction of sp³-hybridized carbons (Fsp3) is 0.600. The Kier molecular flexibility index (Phi) is 5.22. The van der Waals surface area contributed by atoms with Crippen molar-refractivity contribution in [1.82, 2.24) is 10.2 Å². The van der Waals surface area contributed by atoms with Gasteiger partial charge < -0.3 is 10.2 Å². The van der Waals surface area contributed by atoms with Crippen molar-refractivity contribution in [3.8, 4) is 0 Å². The lowest BCUT2D eigenvalue weighted by Gasteiger charge is -2.31. The molecule has 1 saturated heterocycles. The number of hydrogen-bond acceptors (Lipinski definition) is 2. The third kappa shape index (κ3) is 3.81. The Balaban J connectivity index is 2.07. The molecular formula is C15H23BrN2. The molecule has 0 bridgehead atoms. The Hall–Kier alpha value is -0.380. The van der Waals surface area contributed by atoms with Gasteiger partial charge in [0.1, 0.15) is 0 Å². The maximum atomic E-state index is 3.57. The van der Waals surface area contributed by atoms with E-state index >= 15 is 0 Å². The summed E-state index contributed by atoms with van der Waals surface area (Å²) in [5.41, 5.74) is 1.42. The summed E-state index contributed by atoms with van der Waals surface area (Å²) in [7, 11) is 4.36. The number of hydrogen-bond donors (Lipinski definition) is 1. The summed E-state index contributed by atoms with van der Waals surface area (Å²) in [5.74, 6) is 0.810. The molecule has 1 aromatic carbocycles. The fourth-order valence-corrected chi connectivity index (χ4v) is 3.22. The van der Waals surface area contributed by atoms with Gasteiger partial charge in [-0.1, -0.05) is 28.1 Å². The quantitative estimate of drug-likeness (QED) is 0.916. The molecule has 0 aliphatic carbocycles. The zero-order chi connectivity index (χ0) is 13.0. The highest BCUT2D eigenvalue weighted by Gasteiger charge is 2.21. The third-order valence-corrected chi connectivity index (χ3v) is 4.31. The average molecular weight is 311 g/mol. The Bertz CT molecular complexity index is 373. The zero-order valence-corrected chi connectivity index (χ0v) is 12.9. The zero-order valence-electron chi connectivity index (χ0n) is 11.3. The molecule has 2 unspecified atom stereocenters. The van der Waals surface area contributed by atoms with Gasteiger partial charge in [-0.15, -0.1) is 0 Å². The van der Waals surface area contributed by atoms with Crippen molar-refractivity contribution in [3.63, 3.8) is 0 Å². The Morgan fingerprint density at radius 2 is 2.28 bits per heavy atom. The van der Waals surface area contributed by atoms with Crippen LogP contribution < -0.4 is 5.32 Å². The Morgan fingerprint density at radius 3 is 2.89 bits per heavy atom. The molecule has 0 radical (unpaired) electrons. The lowest BCUT2D eigenvalue weighted by atomic mass is 9.89. The number of benzene rings is 1. The lowest BCUT2D eigenvalue weighted by Crippen LogP contribution is -2.33. The van der Waals surface area contributed by atoms with Crippen LogP contribution in [-0.2, 0) is 0 Å². The molecule has 2 nitrogen and oxygen atoms in total. The molecular weight excluding hydrogens is 288 g/mol. The number of nitrogens with one attached hydrogen (secondary N) is 1. The molecule has 1 heterocycles. The Morgan fingerprint density at radius 1 is 1.44 bits per heavy atom. The van der Waals surface area contributed by atoms with Gasteiger partial charge in [0.15, 0.2) is 0 Å². The van der Waals surface area contributed by atoms with E-state index in [-0.39, 0.29) is 0 Å². The first kappa shape index (κ1) is 14.0. The maximum Gasteiger partial charge on any atom is 0.0345 e. The molecule has 0 saturated carbocycles. The molecule has 1 aliphatic heterocycles. The molecule has 1 fully saturated rings. The van der Waals surface area contributed by atoms with Crippen LogP contribution in [0.15, 0.2) is 28.7 Å². The predicted octanol–water partition coefficient (Wildman–Crippen LogP) is 3.44. The van der Waals surface area contributed by atoms with Crippen LogP contribution in [0.5, 0.6) is 0 Å². The van der Waals surface area contributed by atoms with Gasteiger partial charge in [0.25, 0.3) is 0 Å². The van der Waals surface area contributed by atoms with Crippen molar-refractivity contribution >= 4 is 15.9 Å². The normalized spacial score (nSPS) is 22.1. The summed E-state index contributed by atoms with van der Waals surface area (Å²) in [5, 5.41) is 3.51. The van der Waals surface area contributed by atoms with Crippen LogP contribution in [0.25, 0.3) is 0 Å². The van der Waals surface area contributed by atoms with Crippen LogP contribution in [0.2, 0.25) is 0 Å². The minimum absolute atomic E-state index is 0.521. The first-order chi connectivity index (χ1) is 8.66. The van der Waals surface area contributed by atoms with E-state index in [0.717, 1.165) is 5.92 Å². The summed E-state index contributed by atoms with van der Waals surface area (Å²) < 4.78 is 1.17. The first-order valence-electron chi connectivity index (χ1n) is 6.79. The highest BCUT2D eigenvalue weighted by Crippen LogP contribution is 2.30. The van der Waals surface area contributed by atoms with E-state index in [2.05, 4.69) is 64.5 Å². The molecule has 0 amide bonds. The van der Waals surface area contributed by atoms with Crippen molar-refractivity contribution in [3.05, 3.63) is 34.3 Å². The van der Waals surface area contributed by atoms with Gasteiger partial charge in [-0.05, 0) is 70.1 Å². The molecule has 2 rings (SSSR count). The van der Waals surface area contributed by atoms with Gasteiger partial charge in [-0.25, -0.2) is 0 Å². The number of halogens is 1. The maximum absolute atomic E-state index is 3.57. The van der Waals surface area contributed by atoms with Gasteiger partial charge >= 0.3 is 0 Å². The van der Waals surface area contributed by atoms with Crippen LogP contribution in [0.3, 0.4) is 0 Å². The van der Waals surface area contributed by atoms with E-state index < -0.39 is 0 Å². The molecule has 1 aliphatic rings. The van der Waals surface area contributed by atoms with Crippen molar-refractivity contribution in [2.24, 2.45) is 5.92 Å². The van der Waals surface area contributed by atoms with Crippen molar-refractivity contribution < 1.29 is 0 Å². The fourth-order valence-electron chi connectivity index (χ4n) is 2.80. The molecule has 100 valence electrons. The van der Waals surface area contributed by atoms with Gasteiger partial charge in [-0.2, -0.15) is 0 Å². The summed E-state index contributed by atoms with van der Waals surface area (Å²) in [6, 6.07) is 9.24. The van der Waals surface area contributed by atoms with Crippen LogP contribution in [0, 0.1) is 5.92 Å². The number of rotatable bonds is 4. The molecule has 1 N–H and O–H groups in total. The van der Waals surface area contributed by atoms with Crippen LogP contribution in [0.1, 0.15) is 30.9 Å². The van der Waals surface area contributed by atoms with E-state index in [9.17, 15) is 0 Å². The summed E-state index contributed by atoms with van der Waals surface area (Å²) in [6.45, 7) is 2.37. The first-order valence-corrected chi connectivity index (χ1v) is 7.58. The standard InChI is InChI=1S/C15H23BrN2/c1-18(2)15(9-12-5-4-8-17-11-12)13-6-3-7-14(16)10-13/h3,6-7,10,12,15,17H,4-5,8-9,11H2,1-2H3. The second-order valence-electron chi connectivity index (χ2n) is 5.48. The SMILES string of the molecule is CN(C)C(CC1CCCNC1)c1cccc(Br)c1. The van der Waals surface area contributed by atoms with Crippen molar-refractivity contribution in [2.75, 3.05) is 27.2 Å². The highest BCUT2D eigenvalue weighted by atomic mass is 79.9. The lowest BCUT2D eigenvalue weighted by molar-refractivity contribution is 0.225. The summed E-state index contributed by atoms with van der Waals surface area (Å²) in [6.07, 6.45) is 3.94. The van der Waals surface area contributed by atoms with E-state index in [0.29, 0.717) is 6.04 Å². The molecule has 1 aromatic rings. The van der Waals surface area contributed by atoms with E-state index in [1.54, 1.807) is 0 Å². The predicted molar refractivity (Wildman–Crippen MR) is 80.8 cm³/mol. The largest absolute Gasteiger partial charge is 0.316 e. The smallest absolute Gasteiger partial charge is 0.0345 e. The van der Waals surface area contributed by atoms with Crippen LogP contribution in [-0.4, -0.2) is 32.1 Å². The van der Waals surface area contributed by atoms with Crippen molar-refractivity contribution in [1.29, 1.82) is 0 Å². The van der Waals surface area contributed by atoms with Gasteiger partial charge in [0.05, 0.1) is 0 Å². The minimum atomic E-state index is 0.521. The van der Waals surface area contributed by atoms with Crippen LogP contribution >= 0.6 is 15.9 Å². The Labute approximate surface area is 119 Å². The monoisotopic (exact) mass is 310 g/mol. The molecule has 0 aromatic heterocycles. The summed E-state index contributed by atoms with van der Waals surface area (Å²) >= 11 is 3.57. The molecule has 2 atom stereocenters. The molecule has 18 heavy (non-hydrogen) atoms. The summed E-state index contributed by atoms with van der Waals surface area (Å²) in [4.78, 5) is 2.34. The highest BCUT2D eigenvalue weighted by molar-refractivity contribution is 9.10. The second-order valence-corrected chi connectivity index (χ2v) is 6.40. The topological polar surface area (TPSA) is 15.3 Å². The number of piperidine rings is 1. The van der Waals surface area contributed by atoms with E-state index in [4.69, 9.17) is 0 Å². The third-order valence-electron chi connectivity index (χ3n) is 3.81. The number of nitrogens with zero attached hydrogens (tertiary/aromatic N) is 1. The van der Waals surface area contributed by atoms with Crippen molar-refractivity contribution in [2.45, 2.75) is 25.3 Å². The van der Waals surface area contributed by atoms with E-state index in [1.807, 2.05) is 0 Å². The molecule has 0 spiro atoms.